The van der Waals surface area contributed by atoms with E-state index in [1.165, 1.54) is 31.3 Å². The van der Waals surface area contributed by atoms with Crippen LogP contribution in [0.1, 0.15) is 87.7 Å². The second-order valence-electron chi connectivity index (χ2n) is 15.8. The van der Waals surface area contributed by atoms with E-state index in [0.29, 0.717) is 0 Å². The summed E-state index contributed by atoms with van der Waals surface area (Å²) in [7, 11) is 1.27. The number of aryl methyl sites for hydroxylation is 1. The Morgan fingerprint density at radius 3 is 1.52 bits per heavy atom. The average Bonchev–Trinajstić information content (AvgIpc) is 3.66. The summed E-state index contributed by atoms with van der Waals surface area (Å²) < 4.78 is 45.5. The lowest BCUT2D eigenvalue weighted by Crippen LogP contribution is -2.41. The van der Waals surface area contributed by atoms with Gasteiger partial charge in [0.1, 0.15) is 5.41 Å². The molecule has 6 nitrogen and oxygen atoms in total. The summed E-state index contributed by atoms with van der Waals surface area (Å²) in [6.07, 6.45) is -4.89. The quantitative estimate of drug-likeness (QED) is 0.113. The number of hydrogen-bond donors (Lipinski definition) is 0. The molecule has 2 aliphatic heterocycles. The lowest BCUT2D eigenvalue weighted by Gasteiger charge is -2.33. The van der Waals surface area contributed by atoms with Crippen molar-refractivity contribution in [2.75, 3.05) is 11.9 Å². The van der Waals surface area contributed by atoms with Crippen molar-refractivity contribution in [1.82, 2.24) is 4.90 Å². The lowest BCUT2D eigenvalue weighted by molar-refractivity contribution is -0.173. The summed E-state index contributed by atoms with van der Waals surface area (Å²) in [6.45, 7) is 2.99. The normalized spacial score (nSPS) is 15.2. The molecule has 0 N–H and O–H groups in total. The minimum Gasteiger partial charge on any atom is -0.277 e. The number of nitrogens with zero attached hydrogens (tertiary/aromatic N) is 2. The third kappa shape index (κ3) is 6.53. The predicted octanol–water partition coefficient (Wildman–Crippen LogP) is 11.4. The molecule has 0 bridgehead atoms. The van der Waals surface area contributed by atoms with Gasteiger partial charge in [-0.15, -0.1) is 0 Å². The third-order valence-electron chi connectivity index (χ3n) is 12.1. The van der Waals surface area contributed by atoms with Crippen molar-refractivity contribution < 1.29 is 32.3 Å². The number of hydrogen-bond acceptors (Lipinski definition) is 4. The van der Waals surface area contributed by atoms with Crippen LogP contribution in [0, 0.1) is 6.92 Å². The van der Waals surface area contributed by atoms with Crippen LogP contribution in [-0.2, 0) is 5.41 Å². The van der Waals surface area contributed by atoms with Gasteiger partial charge in [-0.25, -0.2) is 4.90 Å². The first-order valence-corrected chi connectivity index (χ1v) is 19.7. The number of carbonyl (C=O) groups excluding carboxylic acids is 4. The number of amides is 4. The first kappa shape index (κ1) is 39.1. The highest BCUT2D eigenvalue weighted by Gasteiger charge is 2.55. The van der Waals surface area contributed by atoms with Crippen LogP contribution >= 0.6 is 0 Å². The van der Waals surface area contributed by atoms with E-state index in [0.717, 1.165) is 73.4 Å². The Morgan fingerprint density at radius 2 is 0.934 bits per heavy atom. The molecule has 0 fully saturated rings. The number of carbonyl (C=O) groups is 4. The average molecular weight is 811 g/mol. The highest BCUT2D eigenvalue weighted by atomic mass is 19.4. The fraction of sp³-hybridized carbons (Fsp3) is 0.115. The number of anilines is 1. The monoisotopic (exact) mass is 810 g/mol. The standard InChI is InChI=1S/C52H37F3N2O4/c1-31-12-14-35(15-13-31)46(38-11-7-10-37(28-38)34-18-16-33(17-19-34)32-8-5-4-6-9-32)36-20-24-41(25-21-36)57-49(60)43-27-23-40(30-45(43)50(57)61)51(2,52(53,54)55)39-22-26-42-44(29-39)48(59)56(3)47(42)58/h4-30,46H,1-3H3. The molecule has 0 spiro atoms. The van der Waals surface area contributed by atoms with E-state index in [4.69, 9.17) is 0 Å². The van der Waals surface area contributed by atoms with Crippen molar-refractivity contribution >= 4 is 29.3 Å². The van der Waals surface area contributed by atoms with Gasteiger partial charge in [0.25, 0.3) is 23.6 Å². The molecule has 9 heteroatoms. The Bertz CT molecular complexity index is 2910. The fourth-order valence-electron chi connectivity index (χ4n) is 8.49. The van der Waals surface area contributed by atoms with Gasteiger partial charge >= 0.3 is 6.18 Å². The molecule has 2 aliphatic rings. The molecular formula is C52H37F3N2O4. The van der Waals surface area contributed by atoms with Crippen LogP contribution in [0.5, 0.6) is 0 Å². The fourth-order valence-corrected chi connectivity index (χ4v) is 8.49. The van der Waals surface area contributed by atoms with Crippen molar-refractivity contribution in [2.24, 2.45) is 0 Å². The van der Waals surface area contributed by atoms with Gasteiger partial charge in [0.2, 0.25) is 0 Å². The van der Waals surface area contributed by atoms with E-state index in [-0.39, 0.29) is 45.0 Å². The van der Waals surface area contributed by atoms with Crippen LogP contribution in [0.3, 0.4) is 0 Å². The zero-order valence-corrected chi connectivity index (χ0v) is 33.3. The molecule has 2 atom stereocenters. The van der Waals surface area contributed by atoms with Crippen molar-refractivity contribution in [3.05, 3.63) is 219 Å². The number of benzene rings is 7. The van der Waals surface area contributed by atoms with Gasteiger partial charge < -0.3 is 0 Å². The maximum Gasteiger partial charge on any atom is 0.402 e. The van der Waals surface area contributed by atoms with Gasteiger partial charge in [-0.3, -0.25) is 24.1 Å². The maximum atomic E-state index is 15.2. The summed E-state index contributed by atoms with van der Waals surface area (Å²) in [5.74, 6) is -2.92. The minimum atomic E-state index is -4.89. The molecule has 7 aromatic rings. The molecule has 0 radical (unpaired) electrons. The van der Waals surface area contributed by atoms with Gasteiger partial charge in [0, 0.05) is 13.0 Å². The third-order valence-corrected chi connectivity index (χ3v) is 12.1. The van der Waals surface area contributed by atoms with E-state index < -0.39 is 35.2 Å². The number of alkyl halides is 3. The smallest absolute Gasteiger partial charge is 0.277 e. The molecular weight excluding hydrogens is 774 g/mol. The Balaban J connectivity index is 1.03. The van der Waals surface area contributed by atoms with E-state index in [9.17, 15) is 19.2 Å². The summed E-state index contributed by atoms with van der Waals surface area (Å²) >= 11 is 0. The molecule has 0 saturated heterocycles. The van der Waals surface area contributed by atoms with Crippen LogP contribution in [0.15, 0.2) is 164 Å². The largest absolute Gasteiger partial charge is 0.402 e. The molecule has 0 aliphatic carbocycles. The highest BCUT2D eigenvalue weighted by Crippen LogP contribution is 2.48. The zero-order chi connectivity index (χ0) is 42.8. The van der Waals surface area contributed by atoms with Gasteiger partial charge in [-0.05, 0) is 100 Å². The van der Waals surface area contributed by atoms with E-state index in [1.54, 1.807) is 12.1 Å². The van der Waals surface area contributed by atoms with Crippen molar-refractivity contribution in [3.63, 3.8) is 0 Å². The number of halogens is 3. The Hall–Kier alpha value is -7.39. The van der Waals surface area contributed by atoms with Crippen LogP contribution in [0.4, 0.5) is 18.9 Å². The number of rotatable bonds is 8. The number of fused-ring (bicyclic) bond motifs is 2. The van der Waals surface area contributed by atoms with E-state index in [1.807, 2.05) is 43.3 Å². The topological polar surface area (TPSA) is 74.8 Å². The Morgan fingerprint density at radius 1 is 0.459 bits per heavy atom. The van der Waals surface area contributed by atoms with E-state index >= 15 is 13.2 Å². The molecule has 9 rings (SSSR count). The molecule has 4 amide bonds. The molecule has 0 saturated carbocycles. The van der Waals surface area contributed by atoms with Crippen LogP contribution in [0.25, 0.3) is 22.3 Å². The second-order valence-corrected chi connectivity index (χ2v) is 15.8. The van der Waals surface area contributed by atoms with Gasteiger partial charge in [-0.1, -0.05) is 133 Å². The maximum absolute atomic E-state index is 15.2. The van der Waals surface area contributed by atoms with Crippen LogP contribution in [0.2, 0.25) is 0 Å². The first-order chi connectivity index (χ1) is 29.2. The van der Waals surface area contributed by atoms with Crippen molar-refractivity contribution in [1.29, 1.82) is 0 Å². The molecule has 0 aromatic heterocycles. The minimum absolute atomic E-state index is 0.0147. The Kier molecular flexibility index (Phi) is 9.43. The highest BCUT2D eigenvalue weighted by molar-refractivity contribution is 6.34. The summed E-state index contributed by atoms with van der Waals surface area (Å²) in [6, 6.07) is 49.4. The SMILES string of the molecule is Cc1ccc(C(c2ccc(N3C(=O)c4ccc(C(C)(c5ccc6c(c5)C(=O)N(C)C6=O)C(F)(F)F)cc4C3=O)cc2)c2cccc(-c3ccc(-c4ccccc4)cc3)c2)cc1. The predicted molar refractivity (Wildman–Crippen MR) is 229 cm³/mol. The van der Waals surface area contributed by atoms with Gasteiger partial charge in [0.05, 0.1) is 27.9 Å². The summed E-state index contributed by atoms with van der Waals surface area (Å²) in [5.41, 5.74) is 5.16. The summed E-state index contributed by atoms with van der Waals surface area (Å²) in [5, 5.41) is 0. The van der Waals surface area contributed by atoms with E-state index in [2.05, 4.69) is 78.9 Å². The molecule has 300 valence electrons. The Labute approximate surface area is 350 Å². The van der Waals surface area contributed by atoms with Crippen LogP contribution in [-0.4, -0.2) is 41.8 Å². The molecule has 2 heterocycles. The van der Waals surface area contributed by atoms with Crippen molar-refractivity contribution in [2.45, 2.75) is 31.4 Å². The molecule has 61 heavy (non-hydrogen) atoms. The summed E-state index contributed by atoms with van der Waals surface area (Å²) in [4.78, 5) is 54.9. The van der Waals surface area contributed by atoms with Crippen LogP contribution < -0.4 is 4.90 Å². The van der Waals surface area contributed by atoms with Gasteiger partial charge in [0.15, 0.2) is 0 Å². The van der Waals surface area contributed by atoms with Crippen molar-refractivity contribution in [3.8, 4) is 22.3 Å². The molecule has 7 aromatic carbocycles. The zero-order valence-electron chi connectivity index (χ0n) is 33.3. The number of imide groups is 2. The lowest BCUT2D eigenvalue weighted by atomic mass is 9.74. The molecule has 2 unspecified atom stereocenters. The van der Waals surface area contributed by atoms with Gasteiger partial charge in [-0.2, -0.15) is 13.2 Å². The first-order valence-electron chi connectivity index (χ1n) is 19.7. The second kappa shape index (κ2) is 14.7.